The topological polar surface area (TPSA) is 68.0 Å². The Morgan fingerprint density at radius 1 is 1.16 bits per heavy atom. The molecule has 0 spiro atoms. The molecule has 2 atom stereocenters. The monoisotopic (exact) mass is 435 g/mol. The van der Waals surface area contributed by atoms with Crippen LogP contribution in [0.1, 0.15) is 28.8 Å². The number of anilines is 1. The Morgan fingerprint density at radius 3 is 2.91 bits per heavy atom. The SMILES string of the molecule is COC(=O)c1ccc(C)c(OC[C@H]2CC[C@H]3CN(c4noc5ccccc45)CCN3C2)c1. The zero-order valence-corrected chi connectivity index (χ0v) is 18.6. The zero-order valence-electron chi connectivity index (χ0n) is 18.6. The lowest BCUT2D eigenvalue weighted by atomic mass is 9.91. The Labute approximate surface area is 187 Å². The number of carbonyl (C=O) groups is 1. The Morgan fingerprint density at radius 2 is 2.03 bits per heavy atom. The Bertz CT molecular complexity index is 1110. The molecule has 2 aromatic carbocycles. The second kappa shape index (κ2) is 8.82. The van der Waals surface area contributed by atoms with Gasteiger partial charge in [-0.1, -0.05) is 23.4 Å². The molecule has 1 aromatic heterocycles. The number of methoxy groups -OCH3 is 1. The van der Waals surface area contributed by atoms with Gasteiger partial charge >= 0.3 is 5.97 Å². The molecule has 0 aliphatic carbocycles. The fraction of sp³-hybridized carbons (Fsp3) is 0.440. The molecule has 0 amide bonds. The summed E-state index contributed by atoms with van der Waals surface area (Å²) in [4.78, 5) is 16.8. The largest absolute Gasteiger partial charge is 0.493 e. The molecule has 2 aliphatic heterocycles. The van der Waals surface area contributed by atoms with E-state index in [4.69, 9.17) is 14.0 Å². The zero-order chi connectivity index (χ0) is 22.1. The number of aromatic nitrogens is 1. The van der Waals surface area contributed by atoms with E-state index in [2.05, 4.69) is 21.0 Å². The molecule has 0 N–H and O–H groups in total. The maximum absolute atomic E-state index is 11.8. The lowest BCUT2D eigenvalue weighted by molar-refractivity contribution is 0.0598. The number of piperazine rings is 1. The van der Waals surface area contributed by atoms with E-state index in [9.17, 15) is 4.79 Å². The van der Waals surface area contributed by atoms with Crippen LogP contribution in [-0.4, -0.2) is 62.0 Å². The number of hydrogen-bond acceptors (Lipinski definition) is 7. The molecule has 32 heavy (non-hydrogen) atoms. The molecule has 7 nitrogen and oxygen atoms in total. The summed E-state index contributed by atoms with van der Waals surface area (Å²) in [7, 11) is 1.39. The number of ether oxygens (including phenoxy) is 2. The van der Waals surface area contributed by atoms with Crippen molar-refractivity contribution in [3.05, 3.63) is 53.6 Å². The van der Waals surface area contributed by atoms with E-state index in [1.165, 1.54) is 7.11 Å². The molecule has 168 valence electrons. The van der Waals surface area contributed by atoms with Crippen LogP contribution in [0.4, 0.5) is 5.82 Å². The molecule has 0 bridgehead atoms. The van der Waals surface area contributed by atoms with Crippen molar-refractivity contribution in [1.29, 1.82) is 0 Å². The second-order valence-corrected chi connectivity index (χ2v) is 8.82. The number of rotatable bonds is 5. The van der Waals surface area contributed by atoms with Crippen molar-refractivity contribution >= 4 is 22.8 Å². The summed E-state index contributed by atoms with van der Waals surface area (Å²) >= 11 is 0. The van der Waals surface area contributed by atoms with Crippen molar-refractivity contribution in [2.45, 2.75) is 25.8 Å². The molecule has 0 saturated carbocycles. The molecular weight excluding hydrogens is 406 g/mol. The molecule has 5 rings (SSSR count). The summed E-state index contributed by atoms with van der Waals surface area (Å²) in [5.41, 5.74) is 2.39. The maximum Gasteiger partial charge on any atom is 0.337 e. The van der Waals surface area contributed by atoms with Gasteiger partial charge in [0.25, 0.3) is 0 Å². The first kappa shape index (κ1) is 20.8. The lowest BCUT2D eigenvalue weighted by Gasteiger charge is -2.46. The number of piperidine rings is 1. The highest BCUT2D eigenvalue weighted by Crippen LogP contribution is 2.31. The van der Waals surface area contributed by atoms with Crippen molar-refractivity contribution in [3.8, 4) is 5.75 Å². The summed E-state index contributed by atoms with van der Waals surface area (Å²) in [5.74, 6) is 1.87. The summed E-state index contributed by atoms with van der Waals surface area (Å²) in [6, 6.07) is 14.1. The number of hydrogen-bond donors (Lipinski definition) is 0. The normalized spacial score (nSPS) is 21.4. The molecule has 3 heterocycles. The summed E-state index contributed by atoms with van der Waals surface area (Å²) in [6.07, 6.45) is 2.27. The fourth-order valence-corrected chi connectivity index (χ4v) is 4.90. The third-order valence-electron chi connectivity index (χ3n) is 6.75. The number of benzene rings is 2. The summed E-state index contributed by atoms with van der Waals surface area (Å²) in [5, 5.41) is 5.44. The fourth-order valence-electron chi connectivity index (χ4n) is 4.90. The van der Waals surface area contributed by atoms with Gasteiger partial charge in [-0.05, 0) is 49.6 Å². The minimum absolute atomic E-state index is 0.340. The highest BCUT2D eigenvalue weighted by atomic mass is 16.5. The van der Waals surface area contributed by atoms with Gasteiger partial charge < -0.3 is 18.9 Å². The molecule has 2 aliphatic rings. The van der Waals surface area contributed by atoms with Gasteiger partial charge in [-0.15, -0.1) is 0 Å². The van der Waals surface area contributed by atoms with Crippen LogP contribution in [0.25, 0.3) is 11.0 Å². The molecule has 7 heteroatoms. The number of para-hydroxylation sites is 1. The Hall–Kier alpha value is -3.06. The predicted molar refractivity (Wildman–Crippen MR) is 122 cm³/mol. The number of nitrogens with zero attached hydrogens (tertiary/aromatic N) is 3. The first-order chi connectivity index (χ1) is 15.6. The van der Waals surface area contributed by atoms with Crippen molar-refractivity contribution in [1.82, 2.24) is 10.1 Å². The molecule has 0 radical (unpaired) electrons. The van der Waals surface area contributed by atoms with Gasteiger partial charge in [0.15, 0.2) is 11.4 Å². The molecule has 2 saturated heterocycles. The van der Waals surface area contributed by atoms with Crippen molar-refractivity contribution in [2.24, 2.45) is 5.92 Å². The smallest absolute Gasteiger partial charge is 0.337 e. The Kier molecular flexibility index (Phi) is 5.74. The lowest BCUT2D eigenvalue weighted by Crippen LogP contribution is -2.57. The van der Waals surface area contributed by atoms with Crippen LogP contribution >= 0.6 is 0 Å². The van der Waals surface area contributed by atoms with Crippen LogP contribution in [0, 0.1) is 12.8 Å². The van der Waals surface area contributed by atoms with E-state index in [0.717, 1.165) is 67.1 Å². The first-order valence-electron chi connectivity index (χ1n) is 11.3. The van der Waals surface area contributed by atoms with Crippen molar-refractivity contribution < 1.29 is 18.8 Å². The van der Waals surface area contributed by atoms with Crippen LogP contribution in [0.2, 0.25) is 0 Å². The molecule has 2 fully saturated rings. The van der Waals surface area contributed by atoms with Crippen LogP contribution in [0.3, 0.4) is 0 Å². The second-order valence-electron chi connectivity index (χ2n) is 8.82. The van der Waals surface area contributed by atoms with Gasteiger partial charge in [0.2, 0.25) is 0 Å². The van der Waals surface area contributed by atoms with E-state index in [0.29, 0.717) is 24.1 Å². The molecular formula is C25H29N3O4. The highest BCUT2D eigenvalue weighted by molar-refractivity contribution is 5.90. The average molecular weight is 436 g/mol. The summed E-state index contributed by atoms with van der Waals surface area (Å²) < 4.78 is 16.5. The average Bonchev–Trinajstić information content (AvgIpc) is 3.27. The van der Waals surface area contributed by atoms with Gasteiger partial charge in [-0.25, -0.2) is 4.79 Å². The first-order valence-corrected chi connectivity index (χ1v) is 11.3. The van der Waals surface area contributed by atoms with Crippen molar-refractivity contribution in [3.63, 3.8) is 0 Å². The predicted octanol–water partition coefficient (Wildman–Crippen LogP) is 3.90. The van der Waals surface area contributed by atoms with E-state index >= 15 is 0 Å². The van der Waals surface area contributed by atoms with E-state index in [-0.39, 0.29) is 5.97 Å². The minimum Gasteiger partial charge on any atom is -0.493 e. The number of fused-ring (bicyclic) bond motifs is 2. The van der Waals surface area contributed by atoms with E-state index in [1.54, 1.807) is 12.1 Å². The van der Waals surface area contributed by atoms with Crippen LogP contribution < -0.4 is 9.64 Å². The number of aryl methyl sites for hydroxylation is 1. The van der Waals surface area contributed by atoms with Gasteiger partial charge in [0, 0.05) is 38.1 Å². The number of carbonyl (C=O) groups excluding carboxylic acids is 1. The summed E-state index contributed by atoms with van der Waals surface area (Å²) in [6.45, 7) is 6.63. The standard InChI is InChI=1S/C25H29N3O4/c1-17-7-9-19(25(29)30-2)13-23(17)31-16-18-8-10-20-15-28(12-11-27(20)14-18)24-21-5-3-4-6-22(21)32-26-24/h3-7,9,13,18,20H,8,10-12,14-16H2,1-2H3/t18-,20-/m0/s1. The van der Waals surface area contributed by atoms with Gasteiger partial charge in [0.1, 0.15) is 5.75 Å². The van der Waals surface area contributed by atoms with Gasteiger partial charge in [0.05, 0.1) is 24.7 Å². The van der Waals surface area contributed by atoms with E-state index in [1.807, 2.05) is 31.2 Å². The van der Waals surface area contributed by atoms with Crippen LogP contribution in [0.15, 0.2) is 47.0 Å². The molecule has 3 aromatic rings. The molecule has 0 unspecified atom stereocenters. The number of esters is 1. The van der Waals surface area contributed by atoms with Crippen LogP contribution in [0.5, 0.6) is 5.75 Å². The quantitative estimate of drug-likeness (QED) is 0.563. The third kappa shape index (κ3) is 4.05. The van der Waals surface area contributed by atoms with Gasteiger partial charge in [-0.3, -0.25) is 4.90 Å². The van der Waals surface area contributed by atoms with E-state index < -0.39 is 0 Å². The third-order valence-corrected chi connectivity index (χ3v) is 6.75. The van der Waals surface area contributed by atoms with Crippen molar-refractivity contribution in [2.75, 3.05) is 44.8 Å². The Balaban J connectivity index is 1.19. The maximum atomic E-state index is 11.8. The minimum atomic E-state index is -0.340. The highest BCUT2D eigenvalue weighted by Gasteiger charge is 2.34. The van der Waals surface area contributed by atoms with Gasteiger partial charge in [-0.2, -0.15) is 0 Å². The van der Waals surface area contributed by atoms with Crippen LogP contribution in [-0.2, 0) is 4.74 Å².